The summed E-state index contributed by atoms with van der Waals surface area (Å²) in [5.41, 5.74) is -1.22. The van der Waals surface area contributed by atoms with E-state index in [0.29, 0.717) is 5.56 Å². The van der Waals surface area contributed by atoms with Gasteiger partial charge in [-0.25, -0.2) is 0 Å². The fourth-order valence-electron chi connectivity index (χ4n) is 2.24. The van der Waals surface area contributed by atoms with Crippen LogP contribution in [0.4, 0.5) is 0 Å². The lowest BCUT2D eigenvalue weighted by Gasteiger charge is -2.29. The maximum Gasteiger partial charge on any atom is 0.328 e. The van der Waals surface area contributed by atoms with Gasteiger partial charge in [-0.2, -0.15) is 0 Å². The number of aliphatic carboxylic acids is 1. The number of carbonyl (C=O) groups is 2. The summed E-state index contributed by atoms with van der Waals surface area (Å²) < 4.78 is 5.76. The summed E-state index contributed by atoms with van der Waals surface area (Å²) >= 11 is 3.31. The van der Waals surface area contributed by atoms with Crippen molar-refractivity contribution in [2.24, 2.45) is 5.92 Å². The molecule has 0 spiro atoms. The van der Waals surface area contributed by atoms with Crippen molar-refractivity contribution in [3.8, 4) is 0 Å². The SMILES string of the molecule is CCOC(=O)C(CC(C)C)(C(=O)O)c1cccc(Br)c1. The van der Waals surface area contributed by atoms with Crippen LogP contribution < -0.4 is 0 Å². The normalized spacial score (nSPS) is 13.8. The van der Waals surface area contributed by atoms with Gasteiger partial charge in [-0.15, -0.1) is 0 Å². The Labute approximate surface area is 127 Å². The van der Waals surface area contributed by atoms with Crippen molar-refractivity contribution in [2.75, 3.05) is 6.61 Å². The topological polar surface area (TPSA) is 63.6 Å². The molecule has 1 N–H and O–H groups in total. The Hall–Kier alpha value is -1.36. The molecular weight excluding hydrogens is 324 g/mol. The van der Waals surface area contributed by atoms with E-state index in [1.165, 1.54) is 0 Å². The van der Waals surface area contributed by atoms with Crippen molar-refractivity contribution < 1.29 is 19.4 Å². The van der Waals surface area contributed by atoms with Gasteiger partial charge in [-0.3, -0.25) is 9.59 Å². The molecule has 0 aliphatic heterocycles. The first-order chi connectivity index (χ1) is 9.34. The lowest BCUT2D eigenvalue weighted by molar-refractivity contribution is -0.162. The van der Waals surface area contributed by atoms with E-state index in [0.717, 1.165) is 4.47 Å². The van der Waals surface area contributed by atoms with Gasteiger partial charge in [0.1, 0.15) is 0 Å². The molecule has 0 saturated carbocycles. The van der Waals surface area contributed by atoms with Crippen LogP contribution in [-0.4, -0.2) is 23.7 Å². The summed E-state index contributed by atoms with van der Waals surface area (Å²) in [7, 11) is 0. The third kappa shape index (κ3) is 3.39. The lowest BCUT2D eigenvalue weighted by atomic mass is 9.74. The van der Waals surface area contributed by atoms with Crippen molar-refractivity contribution in [1.29, 1.82) is 0 Å². The number of carboxylic acid groups (broad SMARTS) is 1. The molecule has 1 rings (SSSR count). The van der Waals surface area contributed by atoms with Crippen LogP contribution in [0.3, 0.4) is 0 Å². The number of ether oxygens (including phenoxy) is 1. The number of hydrogen-bond donors (Lipinski definition) is 1. The van der Waals surface area contributed by atoms with Crippen molar-refractivity contribution >= 4 is 27.9 Å². The molecule has 1 aromatic rings. The Morgan fingerprint density at radius 3 is 2.50 bits per heavy atom. The highest BCUT2D eigenvalue weighted by Crippen LogP contribution is 2.34. The van der Waals surface area contributed by atoms with Crippen LogP contribution in [0.2, 0.25) is 0 Å². The number of esters is 1. The standard InChI is InChI=1S/C15H19BrO4/c1-4-20-14(19)15(13(17)18,9-10(2)3)11-6-5-7-12(16)8-11/h5-8,10H,4,9H2,1-3H3,(H,17,18). The molecule has 0 aliphatic rings. The number of hydrogen-bond acceptors (Lipinski definition) is 3. The maximum absolute atomic E-state index is 12.3. The number of rotatable bonds is 6. The molecule has 0 fully saturated rings. The summed E-state index contributed by atoms with van der Waals surface area (Å²) in [6.07, 6.45) is 0.192. The Morgan fingerprint density at radius 2 is 2.05 bits per heavy atom. The van der Waals surface area contributed by atoms with E-state index in [-0.39, 0.29) is 18.9 Å². The zero-order chi connectivity index (χ0) is 15.3. The average Bonchev–Trinajstić information content (AvgIpc) is 2.35. The van der Waals surface area contributed by atoms with E-state index in [9.17, 15) is 14.7 Å². The summed E-state index contributed by atoms with van der Waals surface area (Å²) in [6, 6.07) is 6.82. The molecule has 110 valence electrons. The average molecular weight is 343 g/mol. The summed E-state index contributed by atoms with van der Waals surface area (Å²) in [4.78, 5) is 24.2. The van der Waals surface area contributed by atoms with E-state index in [1.807, 2.05) is 13.8 Å². The van der Waals surface area contributed by atoms with Gasteiger partial charge >= 0.3 is 11.9 Å². The smallest absolute Gasteiger partial charge is 0.328 e. The van der Waals surface area contributed by atoms with Gasteiger partial charge in [0.05, 0.1) is 6.61 Å². The predicted octanol–water partition coefficient (Wildman–Crippen LogP) is 3.38. The van der Waals surface area contributed by atoms with E-state index >= 15 is 0 Å². The lowest BCUT2D eigenvalue weighted by Crippen LogP contribution is -2.46. The van der Waals surface area contributed by atoms with Gasteiger partial charge in [0, 0.05) is 4.47 Å². The Balaban J connectivity index is 3.44. The van der Waals surface area contributed by atoms with Gasteiger partial charge < -0.3 is 9.84 Å². The Bertz CT molecular complexity index is 498. The minimum Gasteiger partial charge on any atom is -0.480 e. The van der Waals surface area contributed by atoms with E-state index in [2.05, 4.69) is 15.9 Å². The molecule has 0 amide bonds. The highest BCUT2D eigenvalue weighted by molar-refractivity contribution is 9.10. The van der Waals surface area contributed by atoms with Crippen molar-refractivity contribution in [3.05, 3.63) is 34.3 Å². The largest absolute Gasteiger partial charge is 0.480 e. The number of halogens is 1. The van der Waals surface area contributed by atoms with Gasteiger partial charge in [-0.05, 0) is 37.0 Å². The van der Waals surface area contributed by atoms with Gasteiger partial charge in [-0.1, -0.05) is 41.9 Å². The summed E-state index contributed by atoms with van der Waals surface area (Å²) in [5, 5.41) is 9.70. The summed E-state index contributed by atoms with van der Waals surface area (Å²) in [5.74, 6) is -1.85. The Morgan fingerprint density at radius 1 is 1.40 bits per heavy atom. The highest BCUT2D eigenvalue weighted by Gasteiger charge is 2.49. The predicted molar refractivity (Wildman–Crippen MR) is 79.5 cm³/mol. The molecule has 0 aromatic heterocycles. The van der Waals surface area contributed by atoms with Crippen molar-refractivity contribution in [2.45, 2.75) is 32.6 Å². The number of carboxylic acids is 1. The molecule has 1 unspecified atom stereocenters. The third-order valence-corrected chi connectivity index (χ3v) is 3.51. The van der Waals surface area contributed by atoms with E-state index in [4.69, 9.17) is 4.74 Å². The second-order valence-corrected chi connectivity index (χ2v) is 5.95. The maximum atomic E-state index is 12.3. The zero-order valence-electron chi connectivity index (χ0n) is 11.9. The number of benzene rings is 1. The van der Waals surface area contributed by atoms with Crippen molar-refractivity contribution in [1.82, 2.24) is 0 Å². The van der Waals surface area contributed by atoms with Crippen molar-refractivity contribution in [3.63, 3.8) is 0 Å². The van der Waals surface area contributed by atoms with Crippen LogP contribution in [-0.2, 0) is 19.7 Å². The molecule has 0 bridgehead atoms. The van der Waals surface area contributed by atoms with E-state index in [1.54, 1.807) is 31.2 Å². The quantitative estimate of drug-likeness (QED) is 0.635. The minimum absolute atomic E-state index is 0.0366. The summed E-state index contributed by atoms with van der Waals surface area (Å²) in [6.45, 7) is 5.59. The van der Waals surface area contributed by atoms with Crippen LogP contribution in [0.5, 0.6) is 0 Å². The molecule has 5 heteroatoms. The second kappa shape index (κ2) is 6.88. The molecular formula is C15H19BrO4. The monoisotopic (exact) mass is 342 g/mol. The molecule has 0 saturated heterocycles. The van der Waals surface area contributed by atoms with Crippen LogP contribution >= 0.6 is 15.9 Å². The molecule has 4 nitrogen and oxygen atoms in total. The minimum atomic E-state index is -1.66. The fourth-order valence-corrected chi connectivity index (χ4v) is 2.64. The molecule has 20 heavy (non-hydrogen) atoms. The van der Waals surface area contributed by atoms with Crippen LogP contribution in [0.25, 0.3) is 0 Å². The fraction of sp³-hybridized carbons (Fsp3) is 0.467. The van der Waals surface area contributed by atoms with Gasteiger partial charge in [0.2, 0.25) is 0 Å². The Kier molecular flexibility index (Phi) is 5.74. The number of carbonyl (C=O) groups excluding carboxylic acids is 1. The second-order valence-electron chi connectivity index (χ2n) is 5.04. The molecule has 0 heterocycles. The highest BCUT2D eigenvalue weighted by atomic mass is 79.9. The first-order valence-corrected chi connectivity index (χ1v) is 7.30. The van der Waals surface area contributed by atoms with Gasteiger partial charge in [0.15, 0.2) is 5.41 Å². The van der Waals surface area contributed by atoms with Crippen LogP contribution in [0, 0.1) is 5.92 Å². The molecule has 1 aromatic carbocycles. The first-order valence-electron chi connectivity index (χ1n) is 6.51. The molecule has 0 radical (unpaired) electrons. The third-order valence-electron chi connectivity index (χ3n) is 3.02. The molecule has 1 atom stereocenters. The molecule has 0 aliphatic carbocycles. The van der Waals surface area contributed by atoms with Crippen LogP contribution in [0.1, 0.15) is 32.8 Å². The first kappa shape index (κ1) is 16.7. The van der Waals surface area contributed by atoms with Crippen LogP contribution in [0.15, 0.2) is 28.7 Å². The zero-order valence-corrected chi connectivity index (χ0v) is 13.4. The van der Waals surface area contributed by atoms with Gasteiger partial charge in [0.25, 0.3) is 0 Å². The van der Waals surface area contributed by atoms with E-state index < -0.39 is 17.4 Å².